The van der Waals surface area contributed by atoms with Crippen molar-refractivity contribution in [2.75, 3.05) is 13.2 Å². The van der Waals surface area contributed by atoms with Gasteiger partial charge in [-0.2, -0.15) is 0 Å². The monoisotopic (exact) mass is 184 g/mol. The van der Waals surface area contributed by atoms with Gasteiger partial charge in [-0.1, -0.05) is 0 Å². The first-order valence-corrected chi connectivity index (χ1v) is 3.77. The Morgan fingerprint density at radius 2 is 2.00 bits per heavy atom. The first kappa shape index (κ1) is 9.67. The predicted molar refractivity (Wildman–Crippen MR) is 43.8 cm³/mol. The molecule has 0 aromatic heterocycles. The quantitative estimate of drug-likeness (QED) is 0.712. The van der Waals surface area contributed by atoms with Crippen LogP contribution >= 0.6 is 0 Å². The maximum absolute atomic E-state index is 12.4. The molecule has 70 valence electrons. The van der Waals surface area contributed by atoms with E-state index < -0.39 is 11.8 Å². The molecule has 3 nitrogen and oxygen atoms in total. The summed E-state index contributed by atoms with van der Waals surface area (Å²) in [6, 6.07) is 5.01. The first-order valence-electron chi connectivity index (χ1n) is 3.77. The van der Waals surface area contributed by atoms with E-state index in [1.54, 1.807) is 0 Å². The van der Waals surface area contributed by atoms with Crippen molar-refractivity contribution in [3.63, 3.8) is 0 Å². The van der Waals surface area contributed by atoms with Crippen molar-refractivity contribution in [1.29, 1.82) is 0 Å². The van der Waals surface area contributed by atoms with Gasteiger partial charge < -0.3 is 9.84 Å². The van der Waals surface area contributed by atoms with E-state index in [0.29, 0.717) is 0 Å². The highest BCUT2D eigenvalue weighted by Gasteiger charge is 2.05. The van der Waals surface area contributed by atoms with Crippen LogP contribution in [-0.4, -0.2) is 24.3 Å². The molecule has 0 spiro atoms. The molecular formula is C9H9FO3. The highest BCUT2D eigenvalue weighted by Crippen LogP contribution is 2.03. The van der Waals surface area contributed by atoms with E-state index >= 15 is 0 Å². The first-order chi connectivity index (χ1) is 6.24. The average Bonchev–Trinajstić information content (AvgIpc) is 2.15. The fraction of sp³-hybridized carbons (Fsp3) is 0.222. The van der Waals surface area contributed by atoms with E-state index in [1.807, 2.05) is 0 Å². The van der Waals surface area contributed by atoms with E-state index in [1.165, 1.54) is 24.3 Å². The molecule has 1 rings (SSSR count). The van der Waals surface area contributed by atoms with Gasteiger partial charge in [-0.25, -0.2) is 9.18 Å². The summed E-state index contributed by atoms with van der Waals surface area (Å²) in [5.41, 5.74) is 0.273. The Morgan fingerprint density at radius 1 is 1.38 bits per heavy atom. The van der Waals surface area contributed by atoms with Crippen molar-refractivity contribution in [1.82, 2.24) is 0 Å². The van der Waals surface area contributed by atoms with Gasteiger partial charge in [0.15, 0.2) is 0 Å². The summed E-state index contributed by atoms with van der Waals surface area (Å²) in [5.74, 6) is -0.965. The minimum absolute atomic E-state index is 0.0454. The van der Waals surface area contributed by atoms with Gasteiger partial charge in [0.25, 0.3) is 0 Å². The van der Waals surface area contributed by atoms with Gasteiger partial charge in [-0.15, -0.1) is 0 Å². The summed E-state index contributed by atoms with van der Waals surface area (Å²) in [6.07, 6.45) is 0. The highest BCUT2D eigenvalue weighted by molar-refractivity contribution is 5.89. The molecule has 4 heteroatoms. The number of carbonyl (C=O) groups is 1. The summed E-state index contributed by atoms with van der Waals surface area (Å²) in [6.45, 7) is -0.261. The zero-order chi connectivity index (χ0) is 9.68. The molecule has 13 heavy (non-hydrogen) atoms. The molecule has 0 heterocycles. The van der Waals surface area contributed by atoms with Crippen LogP contribution < -0.4 is 0 Å². The highest BCUT2D eigenvalue weighted by atomic mass is 19.1. The number of ether oxygens (including phenoxy) is 1. The molecule has 1 aromatic rings. The van der Waals surface area contributed by atoms with Crippen LogP contribution in [0.2, 0.25) is 0 Å². The minimum atomic E-state index is -0.561. The Kier molecular flexibility index (Phi) is 3.40. The molecule has 0 unspecified atom stereocenters. The average molecular weight is 184 g/mol. The Labute approximate surface area is 74.8 Å². The zero-order valence-corrected chi connectivity index (χ0v) is 6.87. The Bertz CT molecular complexity index is 281. The van der Waals surface area contributed by atoms with Crippen LogP contribution in [0.4, 0.5) is 4.39 Å². The van der Waals surface area contributed by atoms with Gasteiger partial charge in [-0.3, -0.25) is 0 Å². The van der Waals surface area contributed by atoms with Gasteiger partial charge in [0, 0.05) is 0 Å². The lowest BCUT2D eigenvalue weighted by Gasteiger charge is -2.01. The van der Waals surface area contributed by atoms with Crippen LogP contribution in [0.25, 0.3) is 0 Å². The van der Waals surface area contributed by atoms with Crippen molar-refractivity contribution >= 4 is 5.97 Å². The summed E-state index contributed by atoms with van der Waals surface area (Å²) in [5, 5.41) is 8.37. The molecule has 0 aliphatic carbocycles. The van der Waals surface area contributed by atoms with Crippen LogP contribution in [-0.2, 0) is 4.74 Å². The summed E-state index contributed by atoms with van der Waals surface area (Å²) in [4.78, 5) is 11.1. The minimum Gasteiger partial charge on any atom is -0.460 e. The van der Waals surface area contributed by atoms with E-state index in [2.05, 4.69) is 4.74 Å². The lowest BCUT2D eigenvalue weighted by Crippen LogP contribution is -2.08. The number of rotatable bonds is 3. The summed E-state index contributed by atoms with van der Waals surface area (Å²) in [7, 11) is 0. The van der Waals surface area contributed by atoms with Crippen LogP contribution in [0.3, 0.4) is 0 Å². The van der Waals surface area contributed by atoms with Crippen molar-refractivity contribution in [3.8, 4) is 0 Å². The predicted octanol–water partition coefficient (Wildman–Crippen LogP) is 0.975. The normalized spacial score (nSPS) is 9.69. The number of hydrogen-bond acceptors (Lipinski definition) is 3. The molecule has 1 aromatic carbocycles. The maximum atomic E-state index is 12.4. The number of benzene rings is 1. The van der Waals surface area contributed by atoms with Gasteiger partial charge in [0.05, 0.1) is 12.2 Å². The van der Waals surface area contributed by atoms with Gasteiger partial charge in [0.2, 0.25) is 0 Å². The van der Waals surface area contributed by atoms with Crippen LogP contribution in [0.15, 0.2) is 24.3 Å². The van der Waals surface area contributed by atoms with Crippen LogP contribution in [0.1, 0.15) is 10.4 Å². The Balaban J connectivity index is 2.61. The third-order valence-electron chi connectivity index (χ3n) is 1.40. The number of halogens is 1. The van der Waals surface area contributed by atoms with Gasteiger partial charge >= 0.3 is 5.97 Å². The molecule has 0 saturated heterocycles. The number of esters is 1. The van der Waals surface area contributed by atoms with Gasteiger partial charge in [0.1, 0.15) is 12.4 Å². The maximum Gasteiger partial charge on any atom is 0.338 e. The number of carbonyl (C=O) groups excluding carboxylic acids is 1. The van der Waals surface area contributed by atoms with E-state index in [0.717, 1.165) is 0 Å². The van der Waals surface area contributed by atoms with E-state index in [-0.39, 0.29) is 18.8 Å². The molecule has 0 bridgehead atoms. The lowest BCUT2D eigenvalue weighted by molar-refractivity contribution is 0.0433. The van der Waals surface area contributed by atoms with Crippen molar-refractivity contribution in [2.45, 2.75) is 0 Å². The molecule has 0 fully saturated rings. The molecule has 0 atom stereocenters. The third-order valence-corrected chi connectivity index (χ3v) is 1.40. The zero-order valence-electron chi connectivity index (χ0n) is 6.87. The van der Waals surface area contributed by atoms with Crippen molar-refractivity contribution < 1.29 is 19.0 Å². The van der Waals surface area contributed by atoms with Gasteiger partial charge in [-0.05, 0) is 24.3 Å². The molecule has 0 aliphatic rings. The molecule has 0 saturated carbocycles. The summed E-state index contributed by atoms with van der Waals surface area (Å²) >= 11 is 0. The number of aliphatic hydroxyl groups is 1. The van der Waals surface area contributed by atoms with Crippen LogP contribution in [0.5, 0.6) is 0 Å². The lowest BCUT2D eigenvalue weighted by atomic mass is 10.2. The SMILES string of the molecule is O=C(OCCO)c1ccc(F)cc1. The van der Waals surface area contributed by atoms with E-state index in [9.17, 15) is 9.18 Å². The smallest absolute Gasteiger partial charge is 0.338 e. The second kappa shape index (κ2) is 4.57. The Hall–Kier alpha value is -1.42. The van der Waals surface area contributed by atoms with Crippen LogP contribution in [0, 0.1) is 5.82 Å². The Morgan fingerprint density at radius 3 is 2.54 bits per heavy atom. The second-order valence-corrected chi connectivity index (χ2v) is 2.37. The molecule has 0 amide bonds. The third kappa shape index (κ3) is 2.83. The largest absolute Gasteiger partial charge is 0.460 e. The summed E-state index contributed by atoms with van der Waals surface area (Å²) < 4.78 is 17.0. The molecular weight excluding hydrogens is 175 g/mol. The molecule has 1 N–H and O–H groups in total. The van der Waals surface area contributed by atoms with Crippen molar-refractivity contribution in [3.05, 3.63) is 35.6 Å². The van der Waals surface area contributed by atoms with E-state index in [4.69, 9.17) is 5.11 Å². The molecule has 0 radical (unpaired) electrons. The fourth-order valence-electron chi connectivity index (χ4n) is 0.808. The second-order valence-electron chi connectivity index (χ2n) is 2.37. The number of hydrogen-bond donors (Lipinski definition) is 1. The number of aliphatic hydroxyl groups excluding tert-OH is 1. The molecule has 0 aliphatic heterocycles. The fourth-order valence-corrected chi connectivity index (χ4v) is 0.808. The topological polar surface area (TPSA) is 46.5 Å². The standard InChI is InChI=1S/C9H9FO3/c10-8-3-1-7(2-4-8)9(12)13-6-5-11/h1-4,11H,5-6H2. The van der Waals surface area contributed by atoms with Crippen molar-refractivity contribution in [2.24, 2.45) is 0 Å².